The molecular weight excluding hydrogens is 297 g/mol. The number of anilines is 1. The molecule has 0 aliphatic carbocycles. The number of benzene rings is 1. The third-order valence-electron chi connectivity index (χ3n) is 1.98. The van der Waals surface area contributed by atoms with E-state index >= 15 is 0 Å². The Bertz CT molecular complexity index is 362. The van der Waals surface area contributed by atoms with E-state index < -0.39 is 6.10 Å². The van der Waals surface area contributed by atoms with Crippen LogP contribution < -0.4 is 10.1 Å². The molecule has 0 saturated heterocycles. The Kier molecular flexibility index (Phi) is 5.34. The summed E-state index contributed by atoms with van der Waals surface area (Å²) < 4.78 is 5.87. The fraction of sp³-hybridized carbons (Fsp3) is 0.400. The molecule has 1 rings (SSSR count). The molecule has 1 aromatic rings. The Hall–Kier alpha value is -0.490. The number of hydrogen-bond acceptors (Lipinski definition) is 4. The van der Waals surface area contributed by atoms with Gasteiger partial charge in [0.05, 0.1) is 35.0 Å². The lowest BCUT2D eigenvalue weighted by molar-refractivity contribution is 0.105. The maximum absolute atomic E-state index is 9.20. The summed E-state index contributed by atoms with van der Waals surface area (Å²) in [6.45, 7) is -0.0702. The lowest BCUT2D eigenvalue weighted by Crippen LogP contribution is -2.23. The van der Waals surface area contributed by atoms with E-state index in [0.717, 1.165) is 4.47 Å². The highest BCUT2D eigenvalue weighted by atomic mass is 79.9. The minimum absolute atomic E-state index is 0.223. The van der Waals surface area contributed by atoms with Crippen LogP contribution in [0.2, 0.25) is 5.02 Å². The summed E-state index contributed by atoms with van der Waals surface area (Å²) >= 11 is 9.30. The third kappa shape index (κ3) is 3.52. The molecule has 0 spiro atoms. The minimum Gasteiger partial charge on any atom is -0.495 e. The second-order valence-electron chi connectivity index (χ2n) is 3.18. The highest BCUT2D eigenvalue weighted by molar-refractivity contribution is 9.10. The van der Waals surface area contributed by atoms with Crippen LogP contribution >= 0.6 is 27.5 Å². The van der Waals surface area contributed by atoms with Crippen LogP contribution in [-0.4, -0.2) is 36.6 Å². The van der Waals surface area contributed by atoms with E-state index in [9.17, 15) is 5.11 Å². The first-order valence-corrected chi connectivity index (χ1v) is 5.81. The highest BCUT2D eigenvalue weighted by Gasteiger charge is 2.08. The van der Waals surface area contributed by atoms with E-state index in [1.807, 2.05) is 0 Å². The number of hydrogen-bond donors (Lipinski definition) is 3. The van der Waals surface area contributed by atoms with Crippen molar-refractivity contribution in [3.05, 3.63) is 21.6 Å². The van der Waals surface area contributed by atoms with Gasteiger partial charge in [-0.15, -0.1) is 0 Å². The van der Waals surface area contributed by atoms with Crippen molar-refractivity contribution in [1.29, 1.82) is 0 Å². The maximum Gasteiger partial charge on any atom is 0.135 e. The van der Waals surface area contributed by atoms with Crippen molar-refractivity contribution in [3.63, 3.8) is 0 Å². The monoisotopic (exact) mass is 309 g/mol. The Balaban J connectivity index is 2.79. The second kappa shape index (κ2) is 6.30. The summed E-state index contributed by atoms with van der Waals surface area (Å²) in [6.07, 6.45) is -0.814. The van der Waals surface area contributed by atoms with Gasteiger partial charge in [0, 0.05) is 12.6 Å². The molecule has 4 nitrogen and oxygen atoms in total. The zero-order valence-electron chi connectivity index (χ0n) is 8.70. The topological polar surface area (TPSA) is 61.7 Å². The molecule has 3 N–H and O–H groups in total. The van der Waals surface area contributed by atoms with E-state index in [1.165, 1.54) is 0 Å². The fourth-order valence-electron chi connectivity index (χ4n) is 1.11. The van der Waals surface area contributed by atoms with E-state index in [1.54, 1.807) is 19.2 Å². The third-order valence-corrected chi connectivity index (χ3v) is 2.91. The van der Waals surface area contributed by atoms with Crippen molar-refractivity contribution in [2.75, 3.05) is 25.6 Å². The van der Waals surface area contributed by atoms with Crippen LogP contribution in [0.3, 0.4) is 0 Å². The molecule has 0 fully saturated rings. The van der Waals surface area contributed by atoms with Crippen molar-refractivity contribution in [2.24, 2.45) is 0 Å². The van der Waals surface area contributed by atoms with Gasteiger partial charge < -0.3 is 20.3 Å². The Labute approximate surface area is 107 Å². The second-order valence-corrected chi connectivity index (χ2v) is 4.45. The molecule has 6 heteroatoms. The number of rotatable bonds is 5. The van der Waals surface area contributed by atoms with E-state index in [0.29, 0.717) is 16.5 Å². The highest BCUT2D eigenvalue weighted by Crippen LogP contribution is 2.34. The van der Waals surface area contributed by atoms with Crippen LogP contribution in [0.15, 0.2) is 16.6 Å². The summed E-state index contributed by atoms with van der Waals surface area (Å²) in [5, 5.41) is 21.3. The zero-order valence-corrected chi connectivity index (χ0v) is 11.0. The Morgan fingerprint density at radius 3 is 2.81 bits per heavy atom. The predicted molar refractivity (Wildman–Crippen MR) is 67.3 cm³/mol. The SMILES string of the molecule is COc1cc(NCC(O)CO)c(Cl)cc1Br. The molecule has 1 atom stereocenters. The first kappa shape index (κ1) is 13.6. The molecule has 0 heterocycles. The molecule has 16 heavy (non-hydrogen) atoms. The minimum atomic E-state index is -0.814. The van der Waals surface area contributed by atoms with Crippen LogP contribution in [0, 0.1) is 0 Å². The normalized spacial score (nSPS) is 12.3. The van der Waals surface area contributed by atoms with Gasteiger partial charge in [-0.05, 0) is 22.0 Å². The smallest absolute Gasteiger partial charge is 0.135 e. The number of aliphatic hydroxyl groups excluding tert-OH is 2. The predicted octanol–water partition coefficient (Wildman–Crippen LogP) is 1.88. The first-order chi connectivity index (χ1) is 7.58. The number of ether oxygens (including phenoxy) is 1. The molecule has 90 valence electrons. The molecule has 1 aromatic carbocycles. The molecule has 0 bridgehead atoms. The first-order valence-electron chi connectivity index (χ1n) is 4.64. The van der Waals surface area contributed by atoms with Gasteiger partial charge >= 0.3 is 0 Å². The average Bonchev–Trinajstić information content (AvgIpc) is 2.27. The van der Waals surface area contributed by atoms with Crippen molar-refractivity contribution >= 4 is 33.2 Å². The van der Waals surface area contributed by atoms with Gasteiger partial charge in [0.2, 0.25) is 0 Å². The Morgan fingerprint density at radius 2 is 2.25 bits per heavy atom. The summed E-state index contributed by atoms with van der Waals surface area (Å²) in [7, 11) is 1.56. The van der Waals surface area contributed by atoms with E-state index in [-0.39, 0.29) is 13.2 Å². The van der Waals surface area contributed by atoms with Gasteiger partial charge in [0.15, 0.2) is 0 Å². The molecule has 1 unspecified atom stereocenters. The molecular formula is C10H13BrClNO3. The molecule has 0 aliphatic rings. The number of aliphatic hydroxyl groups is 2. The van der Waals surface area contributed by atoms with Gasteiger partial charge in [-0.3, -0.25) is 0 Å². The summed E-state index contributed by atoms with van der Waals surface area (Å²) in [6, 6.07) is 3.42. The van der Waals surface area contributed by atoms with E-state index in [4.69, 9.17) is 21.4 Å². The summed E-state index contributed by atoms with van der Waals surface area (Å²) in [5.74, 6) is 0.644. The van der Waals surface area contributed by atoms with Gasteiger partial charge in [-0.25, -0.2) is 0 Å². The van der Waals surface area contributed by atoms with Gasteiger partial charge in [-0.2, -0.15) is 0 Å². The van der Waals surface area contributed by atoms with Crippen LogP contribution in [0.25, 0.3) is 0 Å². The van der Waals surface area contributed by atoms with Crippen molar-refractivity contribution in [2.45, 2.75) is 6.10 Å². The molecule has 0 aliphatic heterocycles. The maximum atomic E-state index is 9.20. The van der Waals surface area contributed by atoms with Crippen LogP contribution in [-0.2, 0) is 0 Å². The van der Waals surface area contributed by atoms with Crippen LogP contribution in [0.1, 0.15) is 0 Å². The van der Waals surface area contributed by atoms with Crippen LogP contribution in [0.4, 0.5) is 5.69 Å². The Morgan fingerprint density at radius 1 is 1.56 bits per heavy atom. The number of nitrogens with one attached hydrogen (secondary N) is 1. The van der Waals surface area contributed by atoms with Crippen molar-refractivity contribution in [1.82, 2.24) is 0 Å². The number of methoxy groups -OCH3 is 1. The van der Waals surface area contributed by atoms with Crippen molar-refractivity contribution in [3.8, 4) is 5.75 Å². The number of halogens is 2. The fourth-order valence-corrected chi connectivity index (χ4v) is 1.98. The molecule has 0 amide bonds. The summed E-state index contributed by atoms with van der Waals surface area (Å²) in [5.41, 5.74) is 0.647. The average molecular weight is 311 g/mol. The van der Waals surface area contributed by atoms with E-state index in [2.05, 4.69) is 21.2 Å². The largest absolute Gasteiger partial charge is 0.495 e. The quantitative estimate of drug-likeness (QED) is 0.777. The van der Waals surface area contributed by atoms with Gasteiger partial charge in [0.25, 0.3) is 0 Å². The molecule has 0 radical (unpaired) electrons. The van der Waals surface area contributed by atoms with Crippen molar-refractivity contribution < 1.29 is 14.9 Å². The van der Waals surface area contributed by atoms with Crippen LogP contribution in [0.5, 0.6) is 5.75 Å². The van der Waals surface area contributed by atoms with Gasteiger partial charge in [0.1, 0.15) is 5.75 Å². The standard InChI is InChI=1S/C10H13BrClNO3/c1-16-10-3-9(8(12)2-7(10)11)13-4-6(15)5-14/h2-3,6,13-15H,4-5H2,1H3. The zero-order chi connectivity index (χ0) is 12.1. The molecule has 0 saturated carbocycles. The lowest BCUT2D eigenvalue weighted by Gasteiger charge is -2.13. The lowest BCUT2D eigenvalue weighted by atomic mass is 10.3. The molecule has 0 aromatic heterocycles. The summed E-state index contributed by atoms with van der Waals surface area (Å²) in [4.78, 5) is 0. The van der Waals surface area contributed by atoms with Gasteiger partial charge in [-0.1, -0.05) is 11.6 Å².